The van der Waals surface area contributed by atoms with Crippen LogP contribution in [0.25, 0.3) is 0 Å². The second-order valence-corrected chi connectivity index (χ2v) is 4.52. The van der Waals surface area contributed by atoms with E-state index in [-0.39, 0.29) is 24.8 Å². The van der Waals surface area contributed by atoms with E-state index >= 15 is 0 Å². The molecule has 19 heavy (non-hydrogen) atoms. The summed E-state index contributed by atoms with van der Waals surface area (Å²) in [6.07, 6.45) is 0.520. The second kappa shape index (κ2) is 7.76. The Bertz CT molecular complexity index is 409. The summed E-state index contributed by atoms with van der Waals surface area (Å²) in [4.78, 5) is 11.7. The topological polar surface area (TPSA) is 70.6 Å². The minimum Gasteiger partial charge on any atom is -0.396 e. The van der Waals surface area contributed by atoms with Gasteiger partial charge in [-0.1, -0.05) is 12.1 Å². The number of nitrogens with one attached hydrogen (secondary N) is 2. The van der Waals surface area contributed by atoms with Gasteiger partial charge in [0.2, 0.25) is 0 Å². The molecular formula is C14H22N2O3. The number of anilines is 1. The lowest BCUT2D eigenvalue weighted by molar-refractivity contribution is 0.119. The largest absolute Gasteiger partial charge is 0.396 e. The Balaban J connectivity index is 2.59. The van der Waals surface area contributed by atoms with Crippen molar-refractivity contribution < 1.29 is 14.6 Å². The van der Waals surface area contributed by atoms with Crippen LogP contribution in [0.15, 0.2) is 24.3 Å². The van der Waals surface area contributed by atoms with E-state index in [2.05, 4.69) is 10.6 Å². The highest BCUT2D eigenvalue weighted by Crippen LogP contribution is 2.19. The van der Waals surface area contributed by atoms with Crippen LogP contribution in [0.2, 0.25) is 0 Å². The number of carbonyl (C=O) groups excluding carboxylic acids is 1. The van der Waals surface area contributed by atoms with Gasteiger partial charge < -0.3 is 20.5 Å². The highest BCUT2D eigenvalue weighted by Gasteiger charge is 2.08. The van der Waals surface area contributed by atoms with Gasteiger partial charge in [-0.3, -0.25) is 0 Å². The van der Waals surface area contributed by atoms with E-state index in [9.17, 15) is 4.79 Å². The molecule has 0 saturated heterocycles. The molecule has 2 atom stereocenters. The normalized spacial score (nSPS) is 13.7. The van der Waals surface area contributed by atoms with Crippen molar-refractivity contribution in [1.82, 2.24) is 5.32 Å². The van der Waals surface area contributed by atoms with Gasteiger partial charge in [0.25, 0.3) is 0 Å². The predicted molar refractivity (Wildman–Crippen MR) is 75.2 cm³/mol. The first-order valence-electron chi connectivity index (χ1n) is 6.38. The van der Waals surface area contributed by atoms with Crippen LogP contribution in [-0.4, -0.2) is 30.9 Å². The number of benzene rings is 1. The van der Waals surface area contributed by atoms with Gasteiger partial charge in [-0.15, -0.1) is 0 Å². The van der Waals surface area contributed by atoms with Crippen LogP contribution in [0.1, 0.15) is 31.9 Å². The van der Waals surface area contributed by atoms with E-state index in [0.29, 0.717) is 6.42 Å². The van der Waals surface area contributed by atoms with Crippen LogP contribution >= 0.6 is 0 Å². The summed E-state index contributed by atoms with van der Waals surface area (Å²) in [5.41, 5.74) is 1.72. The lowest BCUT2D eigenvalue weighted by Crippen LogP contribution is -2.36. The molecule has 2 amide bonds. The predicted octanol–water partition coefficient (Wildman–Crippen LogP) is 2.29. The van der Waals surface area contributed by atoms with Gasteiger partial charge in [-0.2, -0.15) is 0 Å². The molecule has 3 N–H and O–H groups in total. The fourth-order valence-electron chi connectivity index (χ4n) is 1.66. The molecule has 0 heterocycles. The van der Waals surface area contributed by atoms with Crippen LogP contribution in [-0.2, 0) is 4.74 Å². The van der Waals surface area contributed by atoms with Crippen LogP contribution in [0, 0.1) is 0 Å². The summed E-state index contributed by atoms with van der Waals surface area (Å²) in [6.45, 7) is 3.85. The molecule has 5 nitrogen and oxygen atoms in total. The number of carbonyl (C=O) groups is 1. The molecule has 0 saturated carbocycles. The zero-order valence-electron chi connectivity index (χ0n) is 11.6. The van der Waals surface area contributed by atoms with E-state index in [0.717, 1.165) is 11.3 Å². The van der Waals surface area contributed by atoms with Crippen molar-refractivity contribution in [1.29, 1.82) is 0 Å². The highest BCUT2D eigenvalue weighted by atomic mass is 16.5. The quantitative estimate of drug-likeness (QED) is 0.740. The summed E-state index contributed by atoms with van der Waals surface area (Å²) in [5.74, 6) is 0. The van der Waals surface area contributed by atoms with Gasteiger partial charge in [0.15, 0.2) is 0 Å². The molecule has 0 aliphatic rings. The van der Waals surface area contributed by atoms with E-state index < -0.39 is 0 Å². The minimum absolute atomic E-state index is 0.0156. The maximum absolute atomic E-state index is 11.7. The summed E-state index contributed by atoms with van der Waals surface area (Å²) in [7, 11) is 1.65. The van der Waals surface area contributed by atoms with Gasteiger partial charge in [-0.05, 0) is 38.0 Å². The maximum atomic E-state index is 11.7. The van der Waals surface area contributed by atoms with E-state index in [1.165, 1.54) is 0 Å². The fourth-order valence-corrected chi connectivity index (χ4v) is 1.66. The highest BCUT2D eigenvalue weighted by molar-refractivity contribution is 5.89. The molecule has 1 rings (SSSR count). The van der Waals surface area contributed by atoms with Crippen LogP contribution < -0.4 is 10.6 Å². The summed E-state index contributed by atoms with van der Waals surface area (Å²) in [5, 5.41) is 14.3. The molecule has 1 unspecified atom stereocenters. The molecule has 0 aliphatic carbocycles. The molecule has 1 aromatic carbocycles. The number of aliphatic hydroxyl groups excluding tert-OH is 1. The number of methoxy groups -OCH3 is 1. The second-order valence-electron chi connectivity index (χ2n) is 4.52. The molecule has 0 spiro atoms. The Kier molecular flexibility index (Phi) is 6.32. The third-order valence-electron chi connectivity index (χ3n) is 2.91. The van der Waals surface area contributed by atoms with Crippen molar-refractivity contribution in [3.63, 3.8) is 0 Å². The van der Waals surface area contributed by atoms with Crippen molar-refractivity contribution in [3.05, 3.63) is 29.8 Å². The van der Waals surface area contributed by atoms with Gasteiger partial charge in [0.1, 0.15) is 0 Å². The van der Waals surface area contributed by atoms with Crippen LogP contribution in [0.4, 0.5) is 10.5 Å². The number of urea groups is 1. The molecule has 1 aromatic rings. The van der Waals surface area contributed by atoms with Crippen LogP contribution in [0.3, 0.4) is 0 Å². The zero-order valence-corrected chi connectivity index (χ0v) is 11.6. The average Bonchev–Trinajstić information content (AvgIpc) is 2.38. The van der Waals surface area contributed by atoms with Gasteiger partial charge in [0.05, 0.1) is 6.10 Å². The average molecular weight is 266 g/mol. The number of hydrogen-bond acceptors (Lipinski definition) is 3. The van der Waals surface area contributed by atoms with Crippen molar-refractivity contribution in [2.45, 2.75) is 32.4 Å². The van der Waals surface area contributed by atoms with Crippen molar-refractivity contribution in [2.75, 3.05) is 19.0 Å². The van der Waals surface area contributed by atoms with Crippen molar-refractivity contribution >= 4 is 11.7 Å². The fraction of sp³-hybridized carbons (Fsp3) is 0.500. The van der Waals surface area contributed by atoms with Crippen molar-refractivity contribution in [2.24, 2.45) is 0 Å². The molecule has 106 valence electrons. The van der Waals surface area contributed by atoms with E-state index in [4.69, 9.17) is 9.84 Å². The molecule has 0 aromatic heterocycles. The molecule has 0 aliphatic heterocycles. The summed E-state index contributed by atoms with van der Waals surface area (Å²) in [6, 6.07) is 7.19. The number of ether oxygens (including phenoxy) is 1. The third kappa shape index (κ3) is 5.28. The van der Waals surface area contributed by atoms with Crippen LogP contribution in [0.5, 0.6) is 0 Å². The van der Waals surface area contributed by atoms with Gasteiger partial charge in [0, 0.05) is 25.4 Å². The Morgan fingerprint density at radius 1 is 1.42 bits per heavy atom. The lowest BCUT2D eigenvalue weighted by Gasteiger charge is -2.15. The van der Waals surface area contributed by atoms with Gasteiger partial charge >= 0.3 is 6.03 Å². The third-order valence-corrected chi connectivity index (χ3v) is 2.91. The maximum Gasteiger partial charge on any atom is 0.319 e. The van der Waals surface area contributed by atoms with Gasteiger partial charge in [-0.25, -0.2) is 4.79 Å². The van der Waals surface area contributed by atoms with Crippen molar-refractivity contribution in [3.8, 4) is 0 Å². The zero-order chi connectivity index (χ0) is 14.3. The summed E-state index contributed by atoms with van der Waals surface area (Å²) >= 11 is 0. The Labute approximate surface area is 114 Å². The Hall–Kier alpha value is -1.59. The first-order valence-corrected chi connectivity index (χ1v) is 6.38. The molecule has 0 fully saturated rings. The minimum atomic E-state index is -0.275. The molecule has 0 bridgehead atoms. The molecule has 0 radical (unpaired) electrons. The number of rotatable bonds is 6. The lowest BCUT2D eigenvalue weighted by atomic mass is 10.1. The number of aliphatic hydroxyl groups is 1. The monoisotopic (exact) mass is 266 g/mol. The first kappa shape index (κ1) is 15.5. The van der Waals surface area contributed by atoms with E-state index in [1.807, 2.05) is 38.1 Å². The molecular weight excluding hydrogens is 244 g/mol. The summed E-state index contributed by atoms with van der Waals surface area (Å²) < 4.78 is 5.24. The number of amides is 2. The number of hydrogen-bond donors (Lipinski definition) is 3. The molecule has 5 heteroatoms. The standard InChI is InChI=1S/C14H22N2O3/c1-10(7-8-17)15-14(18)16-13-6-4-5-12(9-13)11(2)19-3/h4-6,9-11,17H,7-8H2,1-3H3,(H2,15,16,18)/t10-,11?/m1/s1. The van der Waals surface area contributed by atoms with E-state index in [1.54, 1.807) is 7.11 Å². The smallest absolute Gasteiger partial charge is 0.319 e. The SMILES string of the molecule is COC(C)c1cccc(NC(=O)N[C@H](C)CCO)c1. The first-order chi connectivity index (χ1) is 9.06. The Morgan fingerprint density at radius 2 is 2.16 bits per heavy atom. The Morgan fingerprint density at radius 3 is 2.79 bits per heavy atom.